The van der Waals surface area contributed by atoms with Crippen molar-refractivity contribution >= 4 is 5.52 Å². The molecule has 2 aliphatic rings. The SMILES string of the molecule is C[C@H]1C[C@H](Cc2ccn3ncc(-n4ccc(=O)[nH]c4=O)c3c2)CCN1CC1CCC(C)(C)CC1. The number of aromatic nitrogens is 4. The lowest BCUT2D eigenvalue weighted by molar-refractivity contribution is 0.0799. The van der Waals surface area contributed by atoms with E-state index in [-0.39, 0.29) is 0 Å². The smallest absolute Gasteiger partial charge is 0.300 e. The lowest BCUT2D eigenvalue weighted by atomic mass is 9.73. The molecule has 34 heavy (non-hydrogen) atoms. The number of nitrogens with one attached hydrogen (secondary N) is 1. The van der Waals surface area contributed by atoms with Crippen LogP contribution in [0.1, 0.15) is 64.9 Å². The van der Waals surface area contributed by atoms with Crippen molar-refractivity contribution in [3.8, 4) is 5.69 Å². The monoisotopic (exact) mass is 463 g/mol. The van der Waals surface area contributed by atoms with Crippen LogP contribution in [-0.4, -0.2) is 43.2 Å². The third-order valence-corrected chi connectivity index (χ3v) is 8.25. The predicted octanol–water partition coefficient (Wildman–Crippen LogP) is 4.03. The normalized spacial score (nSPS) is 24.0. The maximum absolute atomic E-state index is 12.3. The number of pyridine rings is 1. The van der Waals surface area contributed by atoms with Crippen LogP contribution >= 0.6 is 0 Å². The molecular formula is C27H37N5O2. The first-order chi connectivity index (χ1) is 16.3. The Morgan fingerprint density at radius 1 is 1.09 bits per heavy atom. The van der Waals surface area contributed by atoms with Gasteiger partial charge in [0.05, 0.1) is 17.4 Å². The highest BCUT2D eigenvalue weighted by Gasteiger charge is 2.31. The van der Waals surface area contributed by atoms with E-state index in [1.165, 1.54) is 74.0 Å². The van der Waals surface area contributed by atoms with Crippen molar-refractivity contribution in [2.24, 2.45) is 17.3 Å². The van der Waals surface area contributed by atoms with E-state index in [0.717, 1.165) is 17.9 Å². The third-order valence-electron chi connectivity index (χ3n) is 8.25. The van der Waals surface area contributed by atoms with Crippen molar-refractivity contribution in [2.75, 3.05) is 13.1 Å². The van der Waals surface area contributed by atoms with Gasteiger partial charge in [0.1, 0.15) is 0 Å². The minimum Gasteiger partial charge on any atom is -0.300 e. The first-order valence-electron chi connectivity index (χ1n) is 12.8. The van der Waals surface area contributed by atoms with Crippen LogP contribution in [0.5, 0.6) is 0 Å². The van der Waals surface area contributed by atoms with Crippen LogP contribution < -0.4 is 11.2 Å². The van der Waals surface area contributed by atoms with Gasteiger partial charge in [-0.3, -0.25) is 14.3 Å². The van der Waals surface area contributed by atoms with Gasteiger partial charge < -0.3 is 4.90 Å². The number of likely N-dealkylation sites (tertiary alicyclic amines) is 1. The van der Waals surface area contributed by atoms with Gasteiger partial charge in [-0.1, -0.05) is 13.8 Å². The van der Waals surface area contributed by atoms with Gasteiger partial charge in [-0.15, -0.1) is 0 Å². The number of nitrogens with zero attached hydrogens (tertiary/aromatic N) is 4. The molecule has 0 spiro atoms. The molecule has 0 radical (unpaired) electrons. The zero-order valence-electron chi connectivity index (χ0n) is 20.7. The fourth-order valence-electron chi connectivity index (χ4n) is 6.01. The van der Waals surface area contributed by atoms with Gasteiger partial charge in [-0.25, -0.2) is 9.31 Å². The maximum atomic E-state index is 12.3. The van der Waals surface area contributed by atoms with E-state index < -0.39 is 11.2 Å². The van der Waals surface area contributed by atoms with Crippen molar-refractivity contribution < 1.29 is 0 Å². The molecule has 1 saturated heterocycles. The maximum Gasteiger partial charge on any atom is 0.333 e. The van der Waals surface area contributed by atoms with Crippen LogP contribution in [0, 0.1) is 17.3 Å². The molecule has 2 fully saturated rings. The number of aromatic amines is 1. The summed E-state index contributed by atoms with van der Waals surface area (Å²) >= 11 is 0. The summed E-state index contributed by atoms with van der Waals surface area (Å²) in [6, 6.07) is 6.27. The van der Waals surface area contributed by atoms with Crippen molar-refractivity contribution in [1.82, 2.24) is 24.1 Å². The molecule has 4 heterocycles. The van der Waals surface area contributed by atoms with E-state index in [4.69, 9.17) is 0 Å². The molecule has 0 unspecified atom stereocenters. The van der Waals surface area contributed by atoms with Gasteiger partial charge in [0.15, 0.2) is 0 Å². The van der Waals surface area contributed by atoms with Crippen molar-refractivity contribution in [3.63, 3.8) is 0 Å². The van der Waals surface area contributed by atoms with Crippen molar-refractivity contribution in [2.45, 2.75) is 71.8 Å². The molecule has 182 valence electrons. The van der Waals surface area contributed by atoms with Crippen LogP contribution in [0.3, 0.4) is 0 Å². The Labute approximate surface area is 200 Å². The van der Waals surface area contributed by atoms with E-state index >= 15 is 0 Å². The van der Waals surface area contributed by atoms with Crippen molar-refractivity contribution in [3.05, 3.63) is 63.2 Å². The molecule has 5 rings (SSSR count). The van der Waals surface area contributed by atoms with Crippen LogP contribution in [-0.2, 0) is 6.42 Å². The zero-order valence-corrected chi connectivity index (χ0v) is 20.7. The summed E-state index contributed by atoms with van der Waals surface area (Å²) in [6.45, 7) is 9.70. The molecule has 0 amide bonds. The van der Waals surface area contributed by atoms with E-state index in [0.29, 0.717) is 23.1 Å². The van der Waals surface area contributed by atoms with Crippen LogP contribution in [0.25, 0.3) is 11.2 Å². The van der Waals surface area contributed by atoms with Gasteiger partial charge in [-0.2, -0.15) is 5.10 Å². The predicted molar refractivity (Wildman–Crippen MR) is 135 cm³/mol. The fraction of sp³-hybridized carbons (Fsp3) is 0.593. The first-order valence-corrected chi connectivity index (χ1v) is 12.8. The minimum atomic E-state index is -0.449. The van der Waals surface area contributed by atoms with Crippen LogP contribution in [0.4, 0.5) is 0 Å². The van der Waals surface area contributed by atoms with E-state index in [1.807, 2.05) is 6.20 Å². The largest absolute Gasteiger partial charge is 0.333 e. The van der Waals surface area contributed by atoms with Crippen molar-refractivity contribution in [1.29, 1.82) is 0 Å². The summed E-state index contributed by atoms with van der Waals surface area (Å²) in [4.78, 5) is 28.8. The summed E-state index contributed by atoms with van der Waals surface area (Å²) in [5, 5.41) is 4.39. The van der Waals surface area contributed by atoms with Gasteiger partial charge in [0, 0.05) is 31.0 Å². The number of hydrogen-bond acceptors (Lipinski definition) is 4. The molecule has 2 atom stereocenters. The Morgan fingerprint density at radius 2 is 1.88 bits per heavy atom. The van der Waals surface area contributed by atoms with E-state index in [2.05, 4.69) is 47.9 Å². The number of H-pyrrole nitrogens is 1. The highest BCUT2D eigenvalue weighted by atomic mass is 16.2. The number of piperidine rings is 1. The molecular weight excluding hydrogens is 426 g/mol. The molecule has 0 aromatic carbocycles. The number of rotatable bonds is 5. The Bertz CT molecular complexity index is 1260. The van der Waals surface area contributed by atoms with Gasteiger partial charge in [0.2, 0.25) is 0 Å². The third kappa shape index (κ3) is 4.90. The molecule has 0 bridgehead atoms. The summed E-state index contributed by atoms with van der Waals surface area (Å²) < 4.78 is 3.23. The summed E-state index contributed by atoms with van der Waals surface area (Å²) in [6.07, 6.45) is 14.2. The van der Waals surface area contributed by atoms with E-state index in [9.17, 15) is 9.59 Å². The Kier molecular flexibility index (Phi) is 6.23. The lowest BCUT2D eigenvalue weighted by Gasteiger charge is -2.42. The number of fused-ring (bicyclic) bond motifs is 1. The summed E-state index contributed by atoms with van der Waals surface area (Å²) in [5.41, 5.74) is 2.52. The second-order valence-corrected chi connectivity index (χ2v) is 11.4. The lowest BCUT2D eigenvalue weighted by Crippen LogP contribution is -2.44. The second-order valence-electron chi connectivity index (χ2n) is 11.4. The van der Waals surface area contributed by atoms with Gasteiger partial charge >= 0.3 is 5.69 Å². The molecule has 7 heteroatoms. The quantitative estimate of drug-likeness (QED) is 0.620. The highest BCUT2D eigenvalue weighted by Crippen LogP contribution is 2.39. The topological polar surface area (TPSA) is 75.4 Å². The number of hydrogen-bond donors (Lipinski definition) is 1. The minimum absolute atomic E-state index is 0.397. The second kappa shape index (κ2) is 9.17. The molecule has 1 N–H and O–H groups in total. The van der Waals surface area contributed by atoms with Gasteiger partial charge in [-0.05, 0) is 93.4 Å². The highest BCUT2D eigenvalue weighted by molar-refractivity contribution is 5.64. The summed E-state index contributed by atoms with van der Waals surface area (Å²) in [7, 11) is 0. The first kappa shape index (κ1) is 23.1. The van der Waals surface area contributed by atoms with E-state index in [1.54, 1.807) is 10.7 Å². The average Bonchev–Trinajstić information content (AvgIpc) is 3.20. The standard InChI is InChI=1S/C27H37N5O2/c1-19-14-21(6-11-30(19)18-20-4-9-27(2,3)10-5-20)15-22-7-13-32-23(16-22)24(17-28-32)31-12-8-25(33)29-26(31)34/h7-8,12-13,16-17,19-21H,4-6,9-11,14-15,18H2,1-3H3,(H,29,33,34)/t19-,21+/m0/s1. The Balaban J connectivity index is 1.24. The Hall–Kier alpha value is -2.67. The zero-order chi connectivity index (χ0) is 23.9. The van der Waals surface area contributed by atoms with Gasteiger partial charge in [0.25, 0.3) is 5.56 Å². The molecule has 3 aromatic rings. The molecule has 1 aliphatic carbocycles. The fourth-order valence-corrected chi connectivity index (χ4v) is 6.01. The Morgan fingerprint density at radius 3 is 2.62 bits per heavy atom. The molecule has 1 aliphatic heterocycles. The summed E-state index contributed by atoms with van der Waals surface area (Å²) in [5.74, 6) is 1.53. The molecule has 3 aromatic heterocycles. The average molecular weight is 464 g/mol. The van der Waals surface area contributed by atoms with Crippen LogP contribution in [0.15, 0.2) is 46.4 Å². The van der Waals surface area contributed by atoms with Crippen LogP contribution in [0.2, 0.25) is 0 Å². The molecule has 1 saturated carbocycles. The molecule has 7 nitrogen and oxygen atoms in total.